The molecule has 0 amide bonds. The number of hydrazine groups is 2. The Bertz CT molecular complexity index is 249. The summed E-state index contributed by atoms with van der Waals surface area (Å²) in [5.74, 6) is 0. The Balaban J connectivity index is 2.25. The van der Waals surface area contributed by atoms with Crippen molar-refractivity contribution in [2.45, 2.75) is 12.0 Å². The third-order valence-corrected chi connectivity index (χ3v) is 2.12. The maximum atomic E-state index is 5.72. The highest BCUT2D eigenvalue weighted by Gasteiger charge is 2.33. The molecule has 1 saturated heterocycles. The Hall–Kier alpha value is -1.04. The molecule has 0 bridgehead atoms. The molecule has 7 N–H and O–H groups in total. The molecule has 0 aromatic rings. The zero-order chi connectivity index (χ0) is 8.60. The number of allylic oxidation sites excluding steroid dienone is 1. The van der Waals surface area contributed by atoms with Gasteiger partial charge in [-0.1, -0.05) is 0 Å². The molecule has 0 saturated carbocycles. The van der Waals surface area contributed by atoms with Crippen LogP contribution in [0.25, 0.3) is 0 Å². The second kappa shape index (κ2) is 2.48. The van der Waals surface area contributed by atoms with E-state index in [1.165, 1.54) is 0 Å². The maximum absolute atomic E-state index is 5.72. The first-order valence-electron chi connectivity index (χ1n) is 3.90. The highest BCUT2D eigenvalue weighted by Crippen LogP contribution is 2.22. The summed E-state index contributed by atoms with van der Waals surface area (Å²) in [5, 5.41) is 0. The third kappa shape index (κ3) is 1.18. The normalized spacial score (nSPS) is 35.0. The van der Waals surface area contributed by atoms with Gasteiger partial charge in [-0.05, 0) is 12.2 Å². The van der Waals surface area contributed by atoms with Crippen LogP contribution in [-0.4, -0.2) is 12.1 Å². The van der Waals surface area contributed by atoms with Gasteiger partial charge in [0.1, 0.15) is 0 Å². The van der Waals surface area contributed by atoms with E-state index >= 15 is 0 Å². The van der Waals surface area contributed by atoms with Gasteiger partial charge in [-0.3, -0.25) is 0 Å². The SMILES string of the molecule is NC1=CC2(CNNN2)CC(N)=C1. The molecule has 5 nitrogen and oxygen atoms in total. The molecule has 1 heterocycles. The fourth-order valence-corrected chi connectivity index (χ4v) is 1.65. The zero-order valence-corrected chi connectivity index (χ0v) is 6.72. The molecule has 1 spiro atoms. The molecular weight excluding hydrogens is 154 g/mol. The lowest BCUT2D eigenvalue weighted by Gasteiger charge is -2.27. The summed E-state index contributed by atoms with van der Waals surface area (Å²) in [6.45, 7) is 0.794. The Kier molecular flexibility index (Phi) is 1.57. The van der Waals surface area contributed by atoms with Crippen molar-refractivity contribution in [2.24, 2.45) is 11.5 Å². The second-order valence-electron chi connectivity index (χ2n) is 3.30. The van der Waals surface area contributed by atoms with E-state index in [0.29, 0.717) is 0 Å². The predicted molar refractivity (Wildman–Crippen MR) is 46.2 cm³/mol. The molecule has 5 heteroatoms. The molecule has 0 aromatic heterocycles. The van der Waals surface area contributed by atoms with Crippen LogP contribution in [-0.2, 0) is 0 Å². The van der Waals surface area contributed by atoms with Gasteiger partial charge in [0.25, 0.3) is 0 Å². The summed E-state index contributed by atoms with van der Waals surface area (Å²) in [4.78, 5) is 0. The van der Waals surface area contributed by atoms with Gasteiger partial charge in [0.15, 0.2) is 0 Å². The minimum absolute atomic E-state index is 0.136. The highest BCUT2D eigenvalue weighted by atomic mass is 15.7. The number of hydrogen-bond donors (Lipinski definition) is 5. The van der Waals surface area contributed by atoms with Crippen LogP contribution in [0.5, 0.6) is 0 Å². The van der Waals surface area contributed by atoms with Crippen molar-refractivity contribution in [3.8, 4) is 0 Å². The molecule has 0 aromatic carbocycles. The van der Waals surface area contributed by atoms with Gasteiger partial charge in [0, 0.05) is 24.4 Å². The maximum Gasteiger partial charge on any atom is 0.0731 e. The van der Waals surface area contributed by atoms with E-state index in [2.05, 4.69) is 16.4 Å². The summed E-state index contributed by atoms with van der Waals surface area (Å²) < 4.78 is 0. The summed E-state index contributed by atoms with van der Waals surface area (Å²) in [5.41, 5.74) is 21.7. The van der Waals surface area contributed by atoms with Crippen molar-refractivity contribution < 1.29 is 0 Å². The molecule has 66 valence electrons. The van der Waals surface area contributed by atoms with E-state index in [-0.39, 0.29) is 5.54 Å². The van der Waals surface area contributed by atoms with Crippen LogP contribution >= 0.6 is 0 Å². The van der Waals surface area contributed by atoms with Crippen LogP contribution < -0.4 is 27.9 Å². The first-order chi connectivity index (χ1) is 5.70. The fraction of sp³-hybridized carbons (Fsp3) is 0.429. The quantitative estimate of drug-likeness (QED) is 0.301. The monoisotopic (exact) mass is 167 g/mol. The van der Waals surface area contributed by atoms with E-state index in [4.69, 9.17) is 11.5 Å². The summed E-state index contributed by atoms with van der Waals surface area (Å²) in [6.07, 6.45) is 4.56. The lowest BCUT2D eigenvalue weighted by atomic mass is 9.89. The summed E-state index contributed by atoms with van der Waals surface area (Å²) in [7, 11) is 0. The average Bonchev–Trinajstić information content (AvgIpc) is 2.33. The molecule has 1 unspecified atom stereocenters. The fourth-order valence-electron chi connectivity index (χ4n) is 1.65. The molecule has 2 rings (SSSR count). The van der Waals surface area contributed by atoms with E-state index in [1.807, 2.05) is 6.08 Å². The molecule has 1 atom stereocenters. The van der Waals surface area contributed by atoms with Crippen molar-refractivity contribution in [3.05, 3.63) is 23.5 Å². The third-order valence-electron chi connectivity index (χ3n) is 2.12. The van der Waals surface area contributed by atoms with Crippen LogP contribution in [0.4, 0.5) is 0 Å². The first-order valence-corrected chi connectivity index (χ1v) is 3.90. The second-order valence-corrected chi connectivity index (χ2v) is 3.30. The van der Waals surface area contributed by atoms with Crippen molar-refractivity contribution in [3.63, 3.8) is 0 Å². The minimum Gasteiger partial charge on any atom is -0.402 e. The van der Waals surface area contributed by atoms with E-state index in [0.717, 1.165) is 24.4 Å². The number of hydrogen-bond acceptors (Lipinski definition) is 5. The van der Waals surface area contributed by atoms with Gasteiger partial charge in [-0.25, -0.2) is 10.9 Å². The van der Waals surface area contributed by atoms with Crippen LogP contribution in [0.2, 0.25) is 0 Å². The van der Waals surface area contributed by atoms with Gasteiger partial charge in [0.05, 0.1) is 5.54 Å². The van der Waals surface area contributed by atoms with Gasteiger partial charge in [-0.2, -0.15) is 5.53 Å². The molecule has 1 aliphatic heterocycles. The smallest absolute Gasteiger partial charge is 0.0731 e. The van der Waals surface area contributed by atoms with Crippen LogP contribution in [0.15, 0.2) is 23.5 Å². The number of nitrogens with one attached hydrogen (secondary N) is 3. The average molecular weight is 167 g/mol. The van der Waals surface area contributed by atoms with Gasteiger partial charge in [0.2, 0.25) is 0 Å². The van der Waals surface area contributed by atoms with Gasteiger partial charge < -0.3 is 11.5 Å². The minimum atomic E-state index is -0.136. The standard InChI is InChI=1S/C7H13N5/c8-5-1-6(9)3-7(2-5)4-10-12-11-7/h1-2,10-12H,3-4,8-9H2. The molecule has 2 aliphatic rings. The number of nitrogens with two attached hydrogens (primary N) is 2. The van der Waals surface area contributed by atoms with Gasteiger partial charge in [-0.15, -0.1) is 0 Å². The predicted octanol–water partition coefficient (Wildman–Crippen LogP) is -1.57. The lowest BCUT2D eigenvalue weighted by Crippen LogP contribution is -2.46. The molecule has 0 radical (unpaired) electrons. The molecule has 12 heavy (non-hydrogen) atoms. The van der Waals surface area contributed by atoms with E-state index < -0.39 is 0 Å². The first kappa shape index (κ1) is 7.60. The Labute approximate surface area is 70.8 Å². The molecule has 1 aliphatic carbocycles. The van der Waals surface area contributed by atoms with Crippen molar-refractivity contribution in [2.75, 3.05) is 6.54 Å². The van der Waals surface area contributed by atoms with Crippen molar-refractivity contribution in [1.82, 2.24) is 16.4 Å². The van der Waals surface area contributed by atoms with Crippen LogP contribution in [0, 0.1) is 0 Å². The largest absolute Gasteiger partial charge is 0.402 e. The molecule has 1 fully saturated rings. The Morgan fingerprint density at radius 1 is 1.42 bits per heavy atom. The van der Waals surface area contributed by atoms with Gasteiger partial charge >= 0.3 is 0 Å². The summed E-state index contributed by atoms with van der Waals surface area (Å²) >= 11 is 0. The lowest BCUT2D eigenvalue weighted by molar-refractivity contribution is 0.443. The zero-order valence-electron chi connectivity index (χ0n) is 6.72. The van der Waals surface area contributed by atoms with Crippen LogP contribution in [0.1, 0.15) is 6.42 Å². The van der Waals surface area contributed by atoms with Crippen molar-refractivity contribution in [1.29, 1.82) is 0 Å². The van der Waals surface area contributed by atoms with Crippen LogP contribution in [0.3, 0.4) is 0 Å². The Morgan fingerprint density at radius 2 is 2.25 bits per heavy atom. The topological polar surface area (TPSA) is 88.1 Å². The summed E-state index contributed by atoms with van der Waals surface area (Å²) in [6, 6.07) is 0. The number of rotatable bonds is 0. The Morgan fingerprint density at radius 3 is 2.83 bits per heavy atom. The van der Waals surface area contributed by atoms with E-state index in [9.17, 15) is 0 Å². The highest BCUT2D eigenvalue weighted by molar-refractivity contribution is 5.32. The van der Waals surface area contributed by atoms with E-state index in [1.54, 1.807) is 6.08 Å². The molecular formula is C7H13N5. The van der Waals surface area contributed by atoms with Crippen molar-refractivity contribution >= 4 is 0 Å².